The molecule has 0 radical (unpaired) electrons. The molecule has 1 aromatic heterocycles. The lowest BCUT2D eigenvalue weighted by molar-refractivity contribution is 0.252. The highest BCUT2D eigenvalue weighted by atomic mass is 32.1. The molecule has 18 heavy (non-hydrogen) atoms. The van der Waals surface area contributed by atoms with Crippen molar-refractivity contribution >= 4 is 11.3 Å². The van der Waals surface area contributed by atoms with Crippen LogP contribution in [0.25, 0.3) is 0 Å². The lowest BCUT2D eigenvalue weighted by atomic mass is 10.0. The van der Waals surface area contributed by atoms with E-state index in [0.717, 1.165) is 30.3 Å². The van der Waals surface area contributed by atoms with Crippen LogP contribution >= 0.6 is 11.3 Å². The Bertz CT molecular complexity index is 538. The molecule has 0 fully saturated rings. The number of thiazole rings is 1. The third-order valence-corrected chi connectivity index (χ3v) is 4.04. The fourth-order valence-corrected chi connectivity index (χ4v) is 2.99. The van der Waals surface area contributed by atoms with Crippen LogP contribution in [0.2, 0.25) is 0 Å². The van der Waals surface area contributed by atoms with E-state index in [2.05, 4.69) is 29.4 Å². The second-order valence-corrected chi connectivity index (χ2v) is 5.79. The van der Waals surface area contributed by atoms with E-state index in [4.69, 9.17) is 4.74 Å². The van der Waals surface area contributed by atoms with Gasteiger partial charge in [0.15, 0.2) is 0 Å². The van der Waals surface area contributed by atoms with Crippen molar-refractivity contribution in [2.45, 2.75) is 25.9 Å². The molecule has 1 N–H and O–H groups in total. The van der Waals surface area contributed by atoms with Gasteiger partial charge >= 0.3 is 0 Å². The number of fused-ring (bicyclic) bond motifs is 1. The van der Waals surface area contributed by atoms with Crippen molar-refractivity contribution < 1.29 is 4.74 Å². The smallest absolute Gasteiger partial charge is 0.124 e. The summed E-state index contributed by atoms with van der Waals surface area (Å²) in [6.07, 6.45) is 2.95. The molecule has 1 atom stereocenters. The Kier molecular flexibility index (Phi) is 3.30. The molecule has 4 heteroatoms. The van der Waals surface area contributed by atoms with Gasteiger partial charge in [-0.15, -0.1) is 11.3 Å². The standard InChI is InChI=1S/C14H16N2OS/c1-10-8-16-14(18-10)9-15-12-6-7-17-13-5-3-2-4-11(12)13/h2-5,8,12,15H,6-7,9H2,1H3. The van der Waals surface area contributed by atoms with Crippen LogP contribution in [-0.2, 0) is 6.54 Å². The molecular formula is C14H16N2OS. The van der Waals surface area contributed by atoms with Crippen LogP contribution in [0.15, 0.2) is 30.5 Å². The largest absolute Gasteiger partial charge is 0.493 e. The van der Waals surface area contributed by atoms with E-state index in [9.17, 15) is 0 Å². The maximum Gasteiger partial charge on any atom is 0.124 e. The molecule has 1 unspecified atom stereocenters. The summed E-state index contributed by atoms with van der Waals surface area (Å²) in [5.74, 6) is 1.01. The van der Waals surface area contributed by atoms with Crippen molar-refractivity contribution in [3.63, 3.8) is 0 Å². The Morgan fingerprint density at radius 1 is 1.44 bits per heavy atom. The first-order valence-electron chi connectivity index (χ1n) is 6.19. The molecule has 2 heterocycles. The molecule has 1 aromatic carbocycles. The molecule has 1 aliphatic heterocycles. The second-order valence-electron chi connectivity index (χ2n) is 4.47. The third-order valence-electron chi connectivity index (χ3n) is 3.13. The lowest BCUT2D eigenvalue weighted by Crippen LogP contribution is -2.26. The first-order chi connectivity index (χ1) is 8.83. The van der Waals surface area contributed by atoms with Crippen molar-refractivity contribution in [3.8, 4) is 5.75 Å². The number of aryl methyl sites for hydroxylation is 1. The Labute approximate surface area is 111 Å². The summed E-state index contributed by atoms with van der Waals surface area (Å²) < 4.78 is 5.66. The number of para-hydroxylation sites is 1. The van der Waals surface area contributed by atoms with Crippen LogP contribution in [0.3, 0.4) is 0 Å². The fraction of sp³-hybridized carbons (Fsp3) is 0.357. The van der Waals surface area contributed by atoms with Crippen molar-refractivity contribution in [3.05, 3.63) is 45.9 Å². The minimum absolute atomic E-state index is 0.374. The predicted molar refractivity (Wildman–Crippen MR) is 73.0 cm³/mol. The summed E-state index contributed by atoms with van der Waals surface area (Å²) in [6.45, 7) is 3.70. The topological polar surface area (TPSA) is 34.2 Å². The van der Waals surface area contributed by atoms with Gasteiger partial charge in [0, 0.05) is 35.6 Å². The van der Waals surface area contributed by atoms with Crippen LogP contribution in [0, 0.1) is 6.92 Å². The summed E-state index contributed by atoms with van der Waals surface area (Å²) >= 11 is 1.75. The van der Waals surface area contributed by atoms with Gasteiger partial charge in [-0.2, -0.15) is 0 Å². The number of nitrogens with zero attached hydrogens (tertiary/aromatic N) is 1. The zero-order chi connectivity index (χ0) is 12.4. The summed E-state index contributed by atoms with van der Waals surface area (Å²) in [5.41, 5.74) is 1.26. The molecule has 0 saturated carbocycles. The third kappa shape index (κ3) is 2.40. The summed E-state index contributed by atoms with van der Waals surface area (Å²) in [7, 11) is 0. The van der Waals surface area contributed by atoms with E-state index < -0.39 is 0 Å². The van der Waals surface area contributed by atoms with Crippen LogP contribution in [-0.4, -0.2) is 11.6 Å². The molecule has 1 aliphatic rings. The highest BCUT2D eigenvalue weighted by Gasteiger charge is 2.20. The van der Waals surface area contributed by atoms with Crippen molar-refractivity contribution in [1.82, 2.24) is 10.3 Å². The number of benzene rings is 1. The normalized spacial score (nSPS) is 18.2. The summed E-state index contributed by atoms with van der Waals surface area (Å²) in [5, 5.41) is 4.72. The average molecular weight is 260 g/mol. The van der Waals surface area contributed by atoms with Crippen LogP contribution in [0.5, 0.6) is 5.75 Å². The van der Waals surface area contributed by atoms with E-state index in [-0.39, 0.29) is 0 Å². The first-order valence-corrected chi connectivity index (χ1v) is 7.01. The minimum Gasteiger partial charge on any atom is -0.493 e. The lowest BCUT2D eigenvalue weighted by Gasteiger charge is -2.26. The number of nitrogens with one attached hydrogen (secondary N) is 1. The zero-order valence-corrected chi connectivity index (χ0v) is 11.2. The van der Waals surface area contributed by atoms with Crippen molar-refractivity contribution in [1.29, 1.82) is 0 Å². The number of ether oxygens (including phenoxy) is 1. The molecule has 3 nitrogen and oxygen atoms in total. The van der Waals surface area contributed by atoms with Crippen LogP contribution < -0.4 is 10.1 Å². The van der Waals surface area contributed by atoms with Gasteiger partial charge in [0.05, 0.1) is 6.61 Å². The molecule has 0 saturated heterocycles. The van der Waals surface area contributed by atoms with E-state index in [1.165, 1.54) is 10.4 Å². The van der Waals surface area contributed by atoms with Gasteiger partial charge in [0.2, 0.25) is 0 Å². The summed E-state index contributed by atoms with van der Waals surface area (Å²) in [4.78, 5) is 5.64. The predicted octanol–water partition coefficient (Wildman–Crippen LogP) is 3.06. The number of hydrogen-bond donors (Lipinski definition) is 1. The van der Waals surface area contributed by atoms with Gasteiger partial charge in [0.1, 0.15) is 10.8 Å². The molecule has 0 spiro atoms. The van der Waals surface area contributed by atoms with E-state index in [0.29, 0.717) is 6.04 Å². The summed E-state index contributed by atoms with van der Waals surface area (Å²) in [6, 6.07) is 8.64. The molecular weight excluding hydrogens is 244 g/mol. The van der Waals surface area contributed by atoms with Gasteiger partial charge in [0.25, 0.3) is 0 Å². The van der Waals surface area contributed by atoms with Crippen LogP contribution in [0.1, 0.15) is 27.9 Å². The zero-order valence-electron chi connectivity index (χ0n) is 10.3. The fourth-order valence-electron chi connectivity index (χ4n) is 2.25. The van der Waals surface area contributed by atoms with Crippen LogP contribution in [0.4, 0.5) is 0 Å². The van der Waals surface area contributed by atoms with E-state index in [1.54, 1.807) is 11.3 Å². The van der Waals surface area contributed by atoms with E-state index in [1.807, 2.05) is 18.3 Å². The van der Waals surface area contributed by atoms with Crippen molar-refractivity contribution in [2.75, 3.05) is 6.61 Å². The maximum atomic E-state index is 5.66. The molecule has 0 aliphatic carbocycles. The molecule has 3 rings (SSSR count). The Hall–Kier alpha value is -1.39. The Morgan fingerprint density at radius 2 is 2.33 bits per heavy atom. The monoisotopic (exact) mass is 260 g/mol. The average Bonchev–Trinajstić information content (AvgIpc) is 2.82. The SMILES string of the molecule is Cc1cnc(CNC2CCOc3ccccc32)s1. The minimum atomic E-state index is 0.374. The van der Waals surface area contributed by atoms with Gasteiger partial charge in [-0.1, -0.05) is 18.2 Å². The van der Waals surface area contributed by atoms with E-state index >= 15 is 0 Å². The highest BCUT2D eigenvalue weighted by Crippen LogP contribution is 2.31. The quantitative estimate of drug-likeness (QED) is 0.921. The number of rotatable bonds is 3. The number of hydrogen-bond acceptors (Lipinski definition) is 4. The van der Waals surface area contributed by atoms with Gasteiger partial charge in [-0.3, -0.25) is 0 Å². The van der Waals surface area contributed by atoms with Gasteiger partial charge in [-0.05, 0) is 13.0 Å². The second kappa shape index (κ2) is 5.08. The molecule has 94 valence electrons. The maximum absolute atomic E-state index is 5.66. The van der Waals surface area contributed by atoms with Gasteiger partial charge in [-0.25, -0.2) is 4.98 Å². The van der Waals surface area contributed by atoms with Gasteiger partial charge < -0.3 is 10.1 Å². The number of aromatic nitrogens is 1. The highest BCUT2D eigenvalue weighted by molar-refractivity contribution is 7.11. The van der Waals surface area contributed by atoms with Crippen molar-refractivity contribution in [2.24, 2.45) is 0 Å². The first kappa shape index (κ1) is 11.7. The molecule has 0 amide bonds. The molecule has 0 bridgehead atoms. The Morgan fingerprint density at radius 3 is 3.17 bits per heavy atom. The Balaban J connectivity index is 1.71. The molecule has 2 aromatic rings.